The molecule has 1 atom stereocenters. The van der Waals surface area contributed by atoms with Crippen molar-refractivity contribution in [3.8, 4) is 5.75 Å². The molecule has 0 heterocycles. The molecule has 2 rings (SSSR count). The molecule has 0 fully saturated rings. The average molecular weight is 243 g/mol. The molecule has 0 aliphatic carbocycles. The van der Waals surface area contributed by atoms with Crippen molar-refractivity contribution in [2.45, 2.75) is 32.9 Å². The van der Waals surface area contributed by atoms with Crippen molar-refractivity contribution in [1.82, 2.24) is 5.32 Å². The zero-order valence-electron chi connectivity index (χ0n) is 11.4. The summed E-state index contributed by atoms with van der Waals surface area (Å²) in [5.74, 6) is 0.910. The van der Waals surface area contributed by atoms with Gasteiger partial charge in [0.15, 0.2) is 0 Å². The maximum atomic E-state index is 5.23. The van der Waals surface area contributed by atoms with Crippen LogP contribution in [0, 0.1) is 0 Å². The highest BCUT2D eigenvalue weighted by Crippen LogP contribution is 2.21. The van der Waals surface area contributed by atoms with E-state index in [2.05, 4.69) is 49.5 Å². The van der Waals surface area contributed by atoms with E-state index >= 15 is 0 Å². The van der Waals surface area contributed by atoms with Gasteiger partial charge in [-0.1, -0.05) is 25.1 Å². The predicted molar refractivity (Wildman–Crippen MR) is 77.1 cm³/mol. The summed E-state index contributed by atoms with van der Waals surface area (Å²) in [4.78, 5) is 0. The summed E-state index contributed by atoms with van der Waals surface area (Å²) in [5, 5.41) is 6.00. The topological polar surface area (TPSA) is 21.3 Å². The molecule has 2 aromatic rings. The van der Waals surface area contributed by atoms with E-state index in [9.17, 15) is 0 Å². The Morgan fingerprint density at radius 1 is 1.11 bits per heavy atom. The smallest absolute Gasteiger partial charge is 0.119 e. The molecule has 2 heteroatoms. The summed E-state index contributed by atoms with van der Waals surface area (Å²) < 4.78 is 5.23. The lowest BCUT2D eigenvalue weighted by molar-refractivity contribution is 0.415. The van der Waals surface area contributed by atoms with E-state index in [1.807, 2.05) is 6.07 Å². The van der Waals surface area contributed by atoms with Gasteiger partial charge in [-0.25, -0.2) is 0 Å². The zero-order chi connectivity index (χ0) is 13.0. The van der Waals surface area contributed by atoms with E-state index < -0.39 is 0 Å². The third-order valence-corrected chi connectivity index (χ3v) is 3.38. The molecule has 96 valence electrons. The van der Waals surface area contributed by atoms with E-state index in [0.29, 0.717) is 6.04 Å². The van der Waals surface area contributed by atoms with Crippen LogP contribution in [0.5, 0.6) is 5.75 Å². The van der Waals surface area contributed by atoms with Crippen LogP contribution in [0.25, 0.3) is 10.8 Å². The van der Waals surface area contributed by atoms with Crippen molar-refractivity contribution in [2.24, 2.45) is 0 Å². The maximum Gasteiger partial charge on any atom is 0.119 e. The molecule has 2 aromatic carbocycles. The second kappa shape index (κ2) is 5.87. The van der Waals surface area contributed by atoms with Gasteiger partial charge in [0.05, 0.1) is 7.11 Å². The minimum absolute atomic E-state index is 0.566. The van der Waals surface area contributed by atoms with Gasteiger partial charge in [0.25, 0.3) is 0 Å². The highest BCUT2D eigenvalue weighted by atomic mass is 16.5. The van der Waals surface area contributed by atoms with E-state index in [-0.39, 0.29) is 0 Å². The van der Waals surface area contributed by atoms with Gasteiger partial charge < -0.3 is 10.1 Å². The summed E-state index contributed by atoms with van der Waals surface area (Å²) in [6.45, 7) is 5.34. The van der Waals surface area contributed by atoms with Crippen LogP contribution in [-0.2, 0) is 6.54 Å². The van der Waals surface area contributed by atoms with Gasteiger partial charge in [0.1, 0.15) is 5.75 Å². The Kier molecular flexibility index (Phi) is 4.21. The number of nitrogens with one attached hydrogen (secondary N) is 1. The minimum atomic E-state index is 0.566. The standard InChI is InChI=1S/C16H21NO/c1-4-12(2)17-11-13-5-6-15-10-16(18-3)8-7-14(15)9-13/h5-10,12,17H,4,11H2,1-3H3. The second-order valence-electron chi connectivity index (χ2n) is 4.74. The summed E-state index contributed by atoms with van der Waals surface area (Å²) in [5.41, 5.74) is 1.33. The Hall–Kier alpha value is -1.54. The van der Waals surface area contributed by atoms with Crippen LogP contribution in [0.15, 0.2) is 36.4 Å². The summed E-state index contributed by atoms with van der Waals surface area (Å²) in [7, 11) is 1.70. The monoisotopic (exact) mass is 243 g/mol. The quantitative estimate of drug-likeness (QED) is 0.863. The van der Waals surface area contributed by atoms with E-state index in [4.69, 9.17) is 4.74 Å². The molecule has 1 unspecified atom stereocenters. The lowest BCUT2D eigenvalue weighted by atomic mass is 10.1. The first-order chi connectivity index (χ1) is 8.72. The number of fused-ring (bicyclic) bond motifs is 1. The number of benzene rings is 2. The Morgan fingerprint density at radius 3 is 2.56 bits per heavy atom. The van der Waals surface area contributed by atoms with Crippen LogP contribution in [0.4, 0.5) is 0 Å². The van der Waals surface area contributed by atoms with Gasteiger partial charge in [0.2, 0.25) is 0 Å². The first kappa shape index (κ1) is 12.9. The van der Waals surface area contributed by atoms with Crippen molar-refractivity contribution in [3.05, 3.63) is 42.0 Å². The fourth-order valence-corrected chi connectivity index (χ4v) is 1.95. The van der Waals surface area contributed by atoms with Crippen molar-refractivity contribution in [2.75, 3.05) is 7.11 Å². The van der Waals surface area contributed by atoms with Gasteiger partial charge in [0, 0.05) is 12.6 Å². The van der Waals surface area contributed by atoms with Crippen molar-refractivity contribution < 1.29 is 4.74 Å². The van der Waals surface area contributed by atoms with Crippen LogP contribution in [0.1, 0.15) is 25.8 Å². The zero-order valence-corrected chi connectivity index (χ0v) is 11.4. The Labute approximate surface area is 109 Å². The summed E-state index contributed by atoms with van der Waals surface area (Å²) in [6.07, 6.45) is 1.16. The molecule has 0 saturated heterocycles. The SMILES string of the molecule is CCC(C)NCc1ccc2cc(OC)ccc2c1. The number of methoxy groups -OCH3 is 1. The molecule has 0 aliphatic heterocycles. The van der Waals surface area contributed by atoms with Crippen molar-refractivity contribution >= 4 is 10.8 Å². The fourth-order valence-electron chi connectivity index (χ4n) is 1.95. The number of ether oxygens (including phenoxy) is 1. The lowest BCUT2D eigenvalue weighted by Gasteiger charge is -2.11. The number of hydrogen-bond acceptors (Lipinski definition) is 2. The third kappa shape index (κ3) is 3.02. The van der Waals surface area contributed by atoms with E-state index in [1.165, 1.54) is 16.3 Å². The summed E-state index contributed by atoms with van der Waals surface area (Å²) in [6, 6.07) is 13.3. The number of hydrogen-bond donors (Lipinski definition) is 1. The normalized spacial score (nSPS) is 12.6. The van der Waals surface area contributed by atoms with Gasteiger partial charge in [-0.2, -0.15) is 0 Å². The molecular formula is C16H21NO. The molecule has 2 nitrogen and oxygen atoms in total. The second-order valence-corrected chi connectivity index (χ2v) is 4.74. The van der Waals surface area contributed by atoms with E-state index in [1.54, 1.807) is 7.11 Å². The van der Waals surface area contributed by atoms with Gasteiger partial charge in [-0.05, 0) is 47.9 Å². The maximum absolute atomic E-state index is 5.23. The lowest BCUT2D eigenvalue weighted by Crippen LogP contribution is -2.24. The van der Waals surface area contributed by atoms with Crippen LogP contribution in [0.3, 0.4) is 0 Å². The Morgan fingerprint density at radius 2 is 1.83 bits per heavy atom. The molecule has 1 N–H and O–H groups in total. The van der Waals surface area contributed by atoms with Crippen LogP contribution >= 0.6 is 0 Å². The molecule has 0 bridgehead atoms. The first-order valence-corrected chi connectivity index (χ1v) is 6.53. The minimum Gasteiger partial charge on any atom is -0.497 e. The molecular weight excluding hydrogens is 222 g/mol. The Bertz CT molecular complexity index is 521. The molecule has 0 aliphatic rings. The first-order valence-electron chi connectivity index (χ1n) is 6.53. The highest BCUT2D eigenvalue weighted by Gasteiger charge is 2.01. The third-order valence-electron chi connectivity index (χ3n) is 3.38. The summed E-state index contributed by atoms with van der Waals surface area (Å²) >= 11 is 0. The molecule has 0 spiro atoms. The molecule has 0 aromatic heterocycles. The van der Waals surface area contributed by atoms with Gasteiger partial charge in [-0.15, -0.1) is 0 Å². The van der Waals surface area contributed by atoms with Crippen molar-refractivity contribution in [3.63, 3.8) is 0 Å². The van der Waals surface area contributed by atoms with Gasteiger partial charge in [-0.3, -0.25) is 0 Å². The fraction of sp³-hybridized carbons (Fsp3) is 0.375. The van der Waals surface area contributed by atoms with Crippen LogP contribution in [-0.4, -0.2) is 13.2 Å². The van der Waals surface area contributed by atoms with Crippen molar-refractivity contribution in [1.29, 1.82) is 0 Å². The molecule has 0 amide bonds. The van der Waals surface area contributed by atoms with Crippen LogP contribution in [0.2, 0.25) is 0 Å². The Balaban J connectivity index is 2.17. The predicted octanol–water partition coefficient (Wildman–Crippen LogP) is 3.74. The van der Waals surface area contributed by atoms with Crippen LogP contribution < -0.4 is 10.1 Å². The largest absolute Gasteiger partial charge is 0.497 e. The van der Waals surface area contributed by atoms with Gasteiger partial charge >= 0.3 is 0 Å². The molecule has 0 saturated carbocycles. The average Bonchev–Trinajstić information content (AvgIpc) is 2.43. The highest BCUT2D eigenvalue weighted by molar-refractivity contribution is 5.84. The molecule has 0 radical (unpaired) electrons. The number of rotatable bonds is 5. The van der Waals surface area contributed by atoms with E-state index in [0.717, 1.165) is 18.7 Å². The molecule has 18 heavy (non-hydrogen) atoms.